The van der Waals surface area contributed by atoms with Crippen LogP contribution in [0.4, 0.5) is 5.95 Å². The molecule has 6 heteroatoms. The molecule has 5 N–H and O–H groups in total. The van der Waals surface area contributed by atoms with Crippen molar-refractivity contribution in [2.75, 3.05) is 31.6 Å². The van der Waals surface area contributed by atoms with Gasteiger partial charge in [0.25, 0.3) is 0 Å². The molecule has 2 aromatic rings. The number of imidazole rings is 1. The van der Waals surface area contributed by atoms with Crippen molar-refractivity contribution < 1.29 is 10.2 Å². The number of H-pyrrole nitrogens is 1. The maximum Gasteiger partial charge on any atom is 0.201 e. The number of hydrogen-bond donors (Lipinski definition) is 5. The molecule has 0 spiro atoms. The predicted molar refractivity (Wildman–Crippen MR) is 75.1 cm³/mol. The Morgan fingerprint density at radius 2 is 2.05 bits per heavy atom. The summed E-state index contributed by atoms with van der Waals surface area (Å²) in [5.74, 6) is 0.743. The van der Waals surface area contributed by atoms with Crippen LogP contribution in [0, 0.1) is 0 Å². The van der Waals surface area contributed by atoms with Crippen molar-refractivity contribution in [2.45, 2.75) is 13.0 Å². The van der Waals surface area contributed by atoms with Crippen LogP contribution in [0.15, 0.2) is 18.2 Å². The third-order valence-electron chi connectivity index (χ3n) is 2.84. The molecule has 0 radical (unpaired) electrons. The quantitative estimate of drug-likeness (QED) is 0.446. The highest BCUT2D eigenvalue weighted by Gasteiger charge is 2.02. The van der Waals surface area contributed by atoms with Crippen molar-refractivity contribution in [3.63, 3.8) is 0 Å². The summed E-state index contributed by atoms with van der Waals surface area (Å²) in [6.07, 6.45) is 0.957. The summed E-state index contributed by atoms with van der Waals surface area (Å²) in [4.78, 5) is 7.59. The average molecular weight is 264 g/mol. The number of aromatic nitrogens is 2. The van der Waals surface area contributed by atoms with Crippen molar-refractivity contribution >= 4 is 17.0 Å². The minimum atomic E-state index is 0.0360. The average Bonchev–Trinajstić information content (AvgIpc) is 2.84. The van der Waals surface area contributed by atoms with E-state index in [0.29, 0.717) is 6.54 Å². The van der Waals surface area contributed by atoms with E-state index in [1.54, 1.807) is 0 Å². The molecule has 0 saturated carbocycles. The number of nitrogens with zero attached hydrogens (tertiary/aromatic N) is 1. The Morgan fingerprint density at radius 1 is 1.16 bits per heavy atom. The lowest BCUT2D eigenvalue weighted by Gasteiger charge is -2.03. The van der Waals surface area contributed by atoms with Gasteiger partial charge in [-0.25, -0.2) is 4.98 Å². The van der Waals surface area contributed by atoms with E-state index in [1.165, 1.54) is 0 Å². The molecular formula is C13H20N4O2. The number of rotatable bonds is 8. The summed E-state index contributed by atoms with van der Waals surface area (Å²) in [7, 11) is 0. The first-order valence-electron chi connectivity index (χ1n) is 6.48. The van der Waals surface area contributed by atoms with Crippen molar-refractivity contribution in [3.05, 3.63) is 23.8 Å². The third kappa shape index (κ3) is 3.92. The van der Waals surface area contributed by atoms with E-state index in [4.69, 9.17) is 10.2 Å². The van der Waals surface area contributed by atoms with Crippen LogP contribution >= 0.6 is 0 Å². The van der Waals surface area contributed by atoms with E-state index in [9.17, 15) is 0 Å². The maximum atomic E-state index is 9.07. The molecular weight excluding hydrogens is 244 g/mol. The predicted octanol–water partition coefficient (Wildman–Crippen LogP) is 0.439. The number of aliphatic hydroxyl groups is 2. The van der Waals surface area contributed by atoms with E-state index >= 15 is 0 Å². The van der Waals surface area contributed by atoms with E-state index in [1.807, 2.05) is 18.2 Å². The van der Waals surface area contributed by atoms with Gasteiger partial charge < -0.3 is 25.8 Å². The number of nitrogens with one attached hydrogen (secondary N) is 3. The topological polar surface area (TPSA) is 93.2 Å². The van der Waals surface area contributed by atoms with Crippen LogP contribution in [0.1, 0.15) is 12.0 Å². The van der Waals surface area contributed by atoms with Gasteiger partial charge >= 0.3 is 0 Å². The van der Waals surface area contributed by atoms with E-state index in [-0.39, 0.29) is 13.2 Å². The molecule has 19 heavy (non-hydrogen) atoms. The second-order valence-electron chi connectivity index (χ2n) is 4.35. The Hall–Kier alpha value is -1.63. The SMILES string of the molecule is OCCNCCCNc1nc2ccc(CO)cc2[nH]1. The lowest BCUT2D eigenvalue weighted by atomic mass is 10.2. The fraction of sp³-hybridized carbons (Fsp3) is 0.462. The van der Waals surface area contributed by atoms with Gasteiger partial charge in [-0.3, -0.25) is 0 Å². The Bertz CT molecular complexity index is 512. The molecule has 0 saturated heterocycles. The molecule has 0 aliphatic heterocycles. The van der Waals surface area contributed by atoms with Gasteiger partial charge in [-0.05, 0) is 30.7 Å². The number of benzene rings is 1. The van der Waals surface area contributed by atoms with Crippen LogP contribution in [0.2, 0.25) is 0 Å². The van der Waals surface area contributed by atoms with Gasteiger partial charge in [0, 0.05) is 13.1 Å². The first kappa shape index (κ1) is 13.8. The highest BCUT2D eigenvalue weighted by atomic mass is 16.3. The molecule has 0 aliphatic rings. The monoisotopic (exact) mass is 264 g/mol. The Kier molecular flexibility index (Phi) is 5.14. The van der Waals surface area contributed by atoms with Gasteiger partial charge in [0.15, 0.2) is 0 Å². The first-order chi connectivity index (χ1) is 9.33. The highest BCUT2D eigenvalue weighted by molar-refractivity contribution is 5.78. The Balaban J connectivity index is 1.84. The zero-order valence-electron chi connectivity index (χ0n) is 10.8. The van der Waals surface area contributed by atoms with Gasteiger partial charge in [-0.1, -0.05) is 6.07 Å². The number of aromatic amines is 1. The molecule has 0 amide bonds. The minimum absolute atomic E-state index is 0.0360. The molecule has 104 valence electrons. The molecule has 6 nitrogen and oxygen atoms in total. The smallest absolute Gasteiger partial charge is 0.201 e. The van der Waals surface area contributed by atoms with Crippen molar-refractivity contribution in [2.24, 2.45) is 0 Å². The van der Waals surface area contributed by atoms with E-state index in [2.05, 4.69) is 20.6 Å². The summed E-state index contributed by atoms with van der Waals surface area (Å²) in [6.45, 7) is 2.51. The number of hydrogen-bond acceptors (Lipinski definition) is 5. The van der Waals surface area contributed by atoms with Gasteiger partial charge in [-0.15, -0.1) is 0 Å². The van der Waals surface area contributed by atoms with Crippen LogP contribution < -0.4 is 10.6 Å². The molecule has 1 aromatic heterocycles. The van der Waals surface area contributed by atoms with Gasteiger partial charge in [-0.2, -0.15) is 0 Å². The maximum absolute atomic E-state index is 9.07. The molecule has 0 atom stereocenters. The van der Waals surface area contributed by atoms with Crippen LogP contribution in [0.3, 0.4) is 0 Å². The summed E-state index contributed by atoms with van der Waals surface area (Å²) < 4.78 is 0. The molecule has 0 aliphatic carbocycles. The molecule has 0 unspecified atom stereocenters. The minimum Gasteiger partial charge on any atom is -0.395 e. The largest absolute Gasteiger partial charge is 0.395 e. The Labute approximate surface area is 111 Å². The molecule has 1 heterocycles. The fourth-order valence-electron chi connectivity index (χ4n) is 1.86. The van der Waals surface area contributed by atoms with Crippen LogP contribution in [-0.2, 0) is 6.61 Å². The van der Waals surface area contributed by atoms with Crippen molar-refractivity contribution in [1.29, 1.82) is 0 Å². The highest BCUT2D eigenvalue weighted by Crippen LogP contribution is 2.16. The first-order valence-corrected chi connectivity index (χ1v) is 6.48. The lowest BCUT2D eigenvalue weighted by Crippen LogP contribution is -2.21. The molecule has 2 rings (SSSR count). The van der Waals surface area contributed by atoms with Crippen LogP contribution in [0.25, 0.3) is 11.0 Å². The zero-order valence-corrected chi connectivity index (χ0v) is 10.8. The summed E-state index contributed by atoms with van der Waals surface area (Å²) >= 11 is 0. The van der Waals surface area contributed by atoms with Gasteiger partial charge in [0.05, 0.1) is 24.2 Å². The normalized spacial score (nSPS) is 11.1. The van der Waals surface area contributed by atoms with Crippen LogP contribution in [0.5, 0.6) is 0 Å². The number of fused-ring (bicyclic) bond motifs is 1. The zero-order chi connectivity index (χ0) is 13.5. The Morgan fingerprint density at radius 3 is 2.84 bits per heavy atom. The van der Waals surface area contributed by atoms with E-state index in [0.717, 1.165) is 42.1 Å². The second kappa shape index (κ2) is 7.08. The second-order valence-corrected chi connectivity index (χ2v) is 4.35. The summed E-state index contributed by atoms with van der Waals surface area (Å²) in [5.41, 5.74) is 2.68. The van der Waals surface area contributed by atoms with Crippen molar-refractivity contribution in [3.8, 4) is 0 Å². The van der Waals surface area contributed by atoms with Crippen LogP contribution in [-0.4, -0.2) is 46.4 Å². The molecule has 0 fully saturated rings. The summed E-state index contributed by atoms with van der Waals surface area (Å²) in [6, 6.07) is 5.66. The van der Waals surface area contributed by atoms with Gasteiger partial charge in [0.2, 0.25) is 5.95 Å². The van der Waals surface area contributed by atoms with Crippen molar-refractivity contribution in [1.82, 2.24) is 15.3 Å². The number of aliphatic hydroxyl groups excluding tert-OH is 2. The molecule has 1 aromatic carbocycles. The number of anilines is 1. The molecule has 0 bridgehead atoms. The third-order valence-corrected chi connectivity index (χ3v) is 2.84. The lowest BCUT2D eigenvalue weighted by molar-refractivity contribution is 0.282. The fourth-order valence-corrected chi connectivity index (χ4v) is 1.86. The summed E-state index contributed by atoms with van der Waals surface area (Å²) in [5, 5.41) is 24.0. The van der Waals surface area contributed by atoms with Gasteiger partial charge in [0.1, 0.15) is 0 Å². The standard InChI is InChI=1S/C13H20N4O2/c18-7-6-14-4-1-5-15-13-16-11-3-2-10(9-19)8-12(11)17-13/h2-3,8,14,18-19H,1,4-7,9H2,(H2,15,16,17). The van der Waals surface area contributed by atoms with E-state index < -0.39 is 0 Å².